The predicted molar refractivity (Wildman–Crippen MR) is 163 cm³/mol. The molecule has 5 aromatic rings. The van der Waals surface area contributed by atoms with Gasteiger partial charge in [-0.15, -0.1) is 0 Å². The highest BCUT2D eigenvalue weighted by Crippen LogP contribution is 2.29. The van der Waals surface area contributed by atoms with Gasteiger partial charge in [-0.3, -0.25) is 4.79 Å². The first-order valence-corrected chi connectivity index (χ1v) is 13.6. The van der Waals surface area contributed by atoms with Crippen LogP contribution in [-0.4, -0.2) is 18.7 Å². The first kappa shape index (κ1) is 27.7. The van der Waals surface area contributed by atoms with Gasteiger partial charge in [-0.2, -0.15) is 5.10 Å². The lowest BCUT2D eigenvalue weighted by molar-refractivity contribution is 0.0954. The predicted octanol–water partition coefficient (Wildman–Crippen LogP) is 7.81. The van der Waals surface area contributed by atoms with Crippen molar-refractivity contribution in [3.8, 4) is 17.2 Å². The minimum atomic E-state index is -0.392. The number of hydrazone groups is 1. The van der Waals surface area contributed by atoms with E-state index in [0.717, 1.165) is 21.9 Å². The molecule has 0 bridgehead atoms. The van der Waals surface area contributed by atoms with Crippen molar-refractivity contribution in [2.75, 3.05) is 6.61 Å². The van der Waals surface area contributed by atoms with Gasteiger partial charge in [0.1, 0.15) is 19.0 Å². The fraction of sp³-hybridized carbons (Fsp3) is 0.118. The summed E-state index contributed by atoms with van der Waals surface area (Å²) in [4.78, 5) is 12.9. The van der Waals surface area contributed by atoms with E-state index in [2.05, 4.69) is 28.7 Å². The number of ether oxygens (including phenoxy) is 3. The summed E-state index contributed by atoms with van der Waals surface area (Å²) in [5.41, 5.74) is 5.70. The summed E-state index contributed by atoms with van der Waals surface area (Å²) in [6.07, 6.45) is 1.52. The van der Waals surface area contributed by atoms with Crippen LogP contribution >= 0.6 is 11.6 Å². The van der Waals surface area contributed by atoms with Crippen LogP contribution in [0.4, 0.5) is 0 Å². The first-order valence-electron chi connectivity index (χ1n) is 13.3. The van der Waals surface area contributed by atoms with Crippen LogP contribution in [0.25, 0.3) is 10.8 Å². The Hall–Kier alpha value is -4.81. The van der Waals surface area contributed by atoms with E-state index in [9.17, 15) is 4.79 Å². The highest BCUT2D eigenvalue weighted by atomic mass is 35.5. The Morgan fingerprint density at radius 1 is 0.780 bits per heavy atom. The van der Waals surface area contributed by atoms with E-state index < -0.39 is 5.91 Å². The normalized spacial score (nSPS) is 11.0. The van der Waals surface area contributed by atoms with Crippen molar-refractivity contribution in [2.24, 2.45) is 5.10 Å². The topological polar surface area (TPSA) is 69.2 Å². The third-order valence-corrected chi connectivity index (χ3v) is 6.58. The van der Waals surface area contributed by atoms with Crippen LogP contribution in [0.2, 0.25) is 5.02 Å². The lowest BCUT2D eigenvalue weighted by atomic mass is 10.1. The first-order chi connectivity index (χ1) is 20.1. The molecule has 0 unspecified atom stereocenters. The van der Waals surface area contributed by atoms with Crippen LogP contribution < -0.4 is 19.6 Å². The minimum Gasteiger partial charge on any atom is -0.490 e. The van der Waals surface area contributed by atoms with Gasteiger partial charge in [0.25, 0.3) is 5.91 Å². The Morgan fingerprint density at radius 3 is 2.39 bits per heavy atom. The fourth-order valence-electron chi connectivity index (χ4n) is 4.32. The molecule has 0 heterocycles. The molecule has 6 nitrogen and oxygen atoms in total. The molecular formula is C34H29ClN2O4. The molecule has 1 N–H and O–H groups in total. The van der Waals surface area contributed by atoms with E-state index in [4.69, 9.17) is 25.8 Å². The maximum absolute atomic E-state index is 12.9. The van der Waals surface area contributed by atoms with Gasteiger partial charge in [-0.25, -0.2) is 5.43 Å². The summed E-state index contributed by atoms with van der Waals surface area (Å²) in [7, 11) is 0. The highest BCUT2D eigenvalue weighted by molar-refractivity contribution is 6.30. The molecule has 0 aliphatic heterocycles. The number of nitrogens with zero attached hydrogens (tertiary/aromatic N) is 1. The molecule has 5 rings (SSSR count). The number of halogens is 1. The average Bonchev–Trinajstić information content (AvgIpc) is 3.00. The largest absolute Gasteiger partial charge is 0.490 e. The summed E-state index contributed by atoms with van der Waals surface area (Å²) in [6.45, 7) is 3.07. The van der Waals surface area contributed by atoms with Gasteiger partial charge in [0.05, 0.1) is 12.8 Å². The Morgan fingerprint density at radius 2 is 1.54 bits per heavy atom. The molecule has 0 saturated heterocycles. The molecule has 0 radical (unpaired) electrons. The fourth-order valence-corrected chi connectivity index (χ4v) is 4.50. The number of rotatable bonds is 11. The smallest absolute Gasteiger partial charge is 0.271 e. The number of hydrogen-bond acceptors (Lipinski definition) is 5. The SMILES string of the molecule is CCOc1cc(C(=O)N/N=C/c2cc(Cl)ccc2OCc2cccc3ccccc23)ccc1OCc1ccccc1. The van der Waals surface area contributed by atoms with Crippen LogP contribution in [-0.2, 0) is 13.2 Å². The number of hydrogen-bond donors (Lipinski definition) is 1. The van der Waals surface area contributed by atoms with Gasteiger partial charge < -0.3 is 14.2 Å². The monoisotopic (exact) mass is 564 g/mol. The summed E-state index contributed by atoms with van der Waals surface area (Å²) < 4.78 is 17.8. The minimum absolute atomic E-state index is 0.370. The molecule has 1 amide bonds. The van der Waals surface area contributed by atoms with Crippen molar-refractivity contribution >= 4 is 34.5 Å². The number of amides is 1. The molecule has 0 aliphatic carbocycles. The van der Waals surface area contributed by atoms with E-state index in [1.807, 2.05) is 61.5 Å². The Bertz CT molecular complexity index is 1670. The van der Waals surface area contributed by atoms with E-state index >= 15 is 0 Å². The second kappa shape index (κ2) is 13.5. The summed E-state index contributed by atoms with van der Waals surface area (Å²) in [5, 5.41) is 6.98. The van der Waals surface area contributed by atoms with E-state index in [0.29, 0.717) is 53.2 Å². The zero-order valence-corrected chi connectivity index (χ0v) is 23.3. The van der Waals surface area contributed by atoms with Gasteiger partial charge in [-0.05, 0) is 65.2 Å². The van der Waals surface area contributed by atoms with Crippen molar-refractivity contribution in [3.05, 3.63) is 136 Å². The van der Waals surface area contributed by atoms with Gasteiger partial charge in [0, 0.05) is 16.1 Å². The quantitative estimate of drug-likeness (QED) is 0.131. The molecular weight excluding hydrogens is 536 g/mol. The van der Waals surface area contributed by atoms with Gasteiger partial charge in [0.2, 0.25) is 0 Å². The highest BCUT2D eigenvalue weighted by Gasteiger charge is 2.12. The summed E-state index contributed by atoms with van der Waals surface area (Å²) >= 11 is 6.25. The standard InChI is InChI=1S/C34H29ClN2O4/c1-2-39-33-20-26(15-17-32(33)40-22-24-9-4-3-5-10-24)34(38)37-36-21-28-19-29(35)16-18-31(28)41-23-27-13-8-12-25-11-6-7-14-30(25)27/h3-21H,2,22-23H2,1H3,(H,37,38)/b36-21+. The molecule has 41 heavy (non-hydrogen) atoms. The van der Waals surface area contributed by atoms with E-state index in [-0.39, 0.29) is 0 Å². The van der Waals surface area contributed by atoms with Gasteiger partial charge >= 0.3 is 0 Å². The van der Waals surface area contributed by atoms with Crippen molar-refractivity contribution < 1.29 is 19.0 Å². The van der Waals surface area contributed by atoms with Crippen LogP contribution in [0.5, 0.6) is 17.2 Å². The maximum Gasteiger partial charge on any atom is 0.271 e. The summed E-state index contributed by atoms with van der Waals surface area (Å²) in [5.74, 6) is 1.25. The number of carbonyl (C=O) groups is 1. The molecule has 0 aliphatic rings. The Labute approximate surface area is 244 Å². The molecule has 7 heteroatoms. The molecule has 0 aromatic heterocycles. The number of benzene rings is 5. The molecule has 0 fully saturated rings. The van der Waals surface area contributed by atoms with Gasteiger partial charge in [0.15, 0.2) is 11.5 Å². The van der Waals surface area contributed by atoms with Crippen LogP contribution in [0.3, 0.4) is 0 Å². The lowest BCUT2D eigenvalue weighted by Crippen LogP contribution is -2.18. The van der Waals surface area contributed by atoms with Crippen molar-refractivity contribution in [1.82, 2.24) is 5.43 Å². The molecule has 0 atom stereocenters. The maximum atomic E-state index is 12.9. The Kier molecular flexibility index (Phi) is 9.14. The third-order valence-electron chi connectivity index (χ3n) is 6.35. The van der Waals surface area contributed by atoms with Crippen molar-refractivity contribution in [1.29, 1.82) is 0 Å². The molecule has 206 valence electrons. The van der Waals surface area contributed by atoms with Crippen LogP contribution in [0.1, 0.15) is 34.0 Å². The van der Waals surface area contributed by atoms with Crippen molar-refractivity contribution in [2.45, 2.75) is 20.1 Å². The van der Waals surface area contributed by atoms with E-state index in [1.165, 1.54) is 6.21 Å². The second-order valence-corrected chi connectivity index (χ2v) is 9.61. The lowest BCUT2D eigenvalue weighted by Gasteiger charge is -2.13. The summed E-state index contributed by atoms with van der Waals surface area (Å²) in [6, 6.07) is 34.5. The number of nitrogens with one attached hydrogen (secondary N) is 1. The third kappa shape index (κ3) is 7.24. The zero-order chi connectivity index (χ0) is 28.4. The molecule has 0 saturated carbocycles. The zero-order valence-electron chi connectivity index (χ0n) is 22.5. The van der Waals surface area contributed by atoms with Crippen LogP contribution in [0.15, 0.2) is 114 Å². The molecule has 0 spiro atoms. The number of carbonyl (C=O) groups excluding carboxylic acids is 1. The van der Waals surface area contributed by atoms with E-state index in [1.54, 1.807) is 36.4 Å². The Balaban J connectivity index is 1.26. The van der Waals surface area contributed by atoms with Crippen molar-refractivity contribution in [3.63, 3.8) is 0 Å². The van der Waals surface area contributed by atoms with Gasteiger partial charge in [-0.1, -0.05) is 84.4 Å². The number of fused-ring (bicyclic) bond motifs is 1. The van der Waals surface area contributed by atoms with Crippen LogP contribution in [0, 0.1) is 0 Å². The second-order valence-electron chi connectivity index (χ2n) is 9.18. The average molecular weight is 565 g/mol. The molecule has 5 aromatic carbocycles.